The van der Waals surface area contributed by atoms with E-state index in [4.69, 9.17) is 4.74 Å². The molecule has 1 unspecified atom stereocenters. The van der Waals surface area contributed by atoms with Crippen molar-refractivity contribution in [1.29, 1.82) is 0 Å². The average Bonchev–Trinajstić information content (AvgIpc) is 3.01. The summed E-state index contributed by atoms with van der Waals surface area (Å²) < 4.78 is 6.26. The Morgan fingerprint density at radius 1 is 1.05 bits per heavy atom. The van der Waals surface area contributed by atoms with E-state index >= 15 is 0 Å². The van der Waals surface area contributed by atoms with Crippen LogP contribution in [0.15, 0.2) is 49.1 Å². The molecule has 4 nitrogen and oxygen atoms in total. The van der Waals surface area contributed by atoms with Crippen LogP contribution in [0.3, 0.4) is 0 Å². The summed E-state index contributed by atoms with van der Waals surface area (Å²) in [6.07, 6.45) is 10.9. The van der Waals surface area contributed by atoms with Crippen LogP contribution in [0.25, 0.3) is 0 Å². The first-order valence-electron chi connectivity index (χ1n) is 8.04. The molecule has 4 rings (SSSR count). The molecule has 2 saturated heterocycles. The average molecular weight is 295 g/mol. The number of nitrogens with zero attached hydrogens (tertiary/aromatic N) is 3. The molecule has 0 N–H and O–H groups in total. The second-order valence-corrected chi connectivity index (χ2v) is 6.38. The molecular weight excluding hydrogens is 274 g/mol. The van der Waals surface area contributed by atoms with Gasteiger partial charge in [-0.3, -0.25) is 9.97 Å². The fourth-order valence-electron chi connectivity index (χ4n) is 3.74. The summed E-state index contributed by atoms with van der Waals surface area (Å²) in [6.45, 7) is 2.93. The van der Waals surface area contributed by atoms with Crippen molar-refractivity contribution in [3.05, 3.63) is 54.6 Å². The van der Waals surface area contributed by atoms with Gasteiger partial charge in [0.05, 0.1) is 24.1 Å². The summed E-state index contributed by atoms with van der Waals surface area (Å²) in [4.78, 5) is 10.9. The van der Waals surface area contributed by atoms with E-state index in [9.17, 15) is 0 Å². The molecule has 0 aliphatic carbocycles. The number of ether oxygens (including phenoxy) is 1. The lowest BCUT2D eigenvalue weighted by molar-refractivity contribution is -0.0148. The van der Waals surface area contributed by atoms with Gasteiger partial charge >= 0.3 is 0 Å². The molecule has 0 radical (unpaired) electrons. The maximum absolute atomic E-state index is 6.26. The lowest BCUT2D eigenvalue weighted by Gasteiger charge is -2.39. The lowest BCUT2D eigenvalue weighted by atomic mass is 9.83. The van der Waals surface area contributed by atoms with E-state index in [2.05, 4.69) is 27.0 Å². The minimum atomic E-state index is 0.0687. The Hall–Kier alpha value is -1.94. The molecule has 22 heavy (non-hydrogen) atoms. The first-order valence-corrected chi connectivity index (χ1v) is 8.04. The van der Waals surface area contributed by atoms with Gasteiger partial charge in [-0.25, -0.2) is 0 Å². The molecule has 1 spiro atoms. The molecular formula is C18H21N3O. The maximum atomic E-state index is 6.26. The summed E-state index contributed by atoms with van der Waals surface area (Å²) in [6, 6.07) is 8.33. The predicted octanol–water partition coefficient (Wildman–Crippen LogP) is 3.02. The van der Waals surface area contributed by atoms with Gasteiger partial charge in [0.2, 0.25) is 0 Å². The molecule has 0 aromatic carbocycles. The number of rotatable bonds is 2. The minimum Gasteiger partial charge on any atom is -0.374 e. The molecule has 2 aromatic heterocycles. The molecule has 0 bridgehead atoms. The fourth-order valence-corrected chi connectivity index (χ4v) is 3.74. The van der Waals surface area contributed by atoms with Gasteiger partial charge in [-0.2, -0.15) is 0 Å². The zero-order valence-electron chi connectivity index (χ0n) is 12.7. The Bertz CT molecular complexity index is 609. The highest BCUT2D eigenvalue weighted by molar-refractivity contribution is 5.44. The van der Waals surface area contributed by atoms with Crippen molar-refractivity contribution in [3.63, 3.8) is 0 Å². The van der Waals surface area contributed by atoms with E-state index in [1.165, 1.54) is 11.3 Å². The summed E-state index contributed by atoms with van der Waals surface area (Å²) in [5.41, 5.74) is 2.60. The van der Waals surface area contributed by atoms with Crippen molar-refractivity contribution >= 4 is 5.69 Å². The minimum absolute atomic E-state index is 0.0687. The topological polar surface area (TPSA) is 38.2 Å². The van der Waals surface area contributed by atoms with Gasteiger partial charge < -0.3 is 9.64 Å². The van der Waals surface area contributed by atoms with Crippen molar-refractivity contribution in [3.8, 4) is 0 Å². The zero-order valence-corrected chi connectivity index (χ0v) is 12.7. The van der Waals surface area contributed by atoms with Crippen LogP contribution in [0.4, 0.5) is 5.69 Å². The van der Waals surface area contributed by atoms with Crippen molar-refractivity contribution in [2.75, 3.05) is 24.6 Å². The van der Waals surface area contributed by atoms with Crippen molar-refractivity contribution < 1.29 is 4.74 Å². The smallest absolute Gasteiger partial charge is 0.0723 e. The molecule has 2 aromatic rings. The van der Waals surface area contributed by atoms with E-state index < -0.39 is 0 Å². The highest BCUT2D eigenvalue weighted by Gasteiger charge is 2.43. The third-order valence-corrected chi connectivity index (χ3v) is 5.05. The molecule has 0 amide bonds. The number of piperidine rings is 1. The Labute approximate surface area is 131 Å². The molecule has 2 fully saturated rings. The van der Waals surface area contributed by atoms with Crippen LogP contribution in [0, 0.1) is 0 Å². The Morgan fingerprint density at radius 3 is 2.50 bits per heavy atom. The van der Waals surface area contributed by atoms with Crippen molar-refractivity contribution in [2.45, 2.75) is 30.8 Å². The van der Waals surface area contributed by atoms with E-state index in [0.717, 1.165) is 39.0 Å². The third-order valence-electron chi connectivity index (χ3n) is 5.05. The van der Waals surface area contributed by atoms with Gasteiger partial charge in [-0.15, -0.1) is 0 Å². The lowest BCUT2D eigenvalue weighted by Crippen LogP contribution is -2.44. The number of hydrogen-bond acceptors (Lipinski definition) is 4. The fraction of sp³-hybridized carbons (Fsp3) is 0.444. The van der Waals surface area contributed by atoms with Crippen molar-refractivity contribution in [1.82, 2.24) is 9.97 Å². The van der Waals surface area contributed by atoms with Crippen LogP contribution >= 0.6 is 0 Å². The Balaban J connectivity index is 1.41. The zero-order chi connectivity index (χ0) is 14.8. The number of pyridine rings is 2. The summed E-state index contributed by atoms with van der Waals surface area (Å²) in [5.74, 6) is 0.499. The molecule has 2 aliphatic heterocycles. The van der Waals surface area contributed by atoms with Crippen LogP contribution in [-0.2, 0) is 4.74 Å². The van der Waals surface area contributed by atoms with Gasteiger partial charge in [0.1, 0.15) is 0 Å². The van der Waals surface area contributed by atoms with Gasteiger partial charge in [-0.05, 0) is 43.0 Å². The number of aromatic nitrogens is 2. The monoisotopic (exact) mass is 295 g/mol. The van der Waals surface area contributed by atoms with Crippen LogP contribution in [0.1, 0.15) is 30.7 Å². The normalized spacial score (nSPS) is 23.8. The van der Waals surface area contributed by atoms with E-state index in [0.29, 0.717) is 5.92 Å². The van der Waals surface area contributed by atoms with Gasteiger partial charge in [0.15, 0.2) is 0 Å². The summed E-state index contributed by atoms with van der Waals surface area (Å²) >= 11 is 0. The van der Waals surface area contributed by atoms with Gasteiger partial charge in [0.25, 0.3) is 0 Å². The Kier molecular flexibility index (Phi) is 3.54. The standard InChI is InChI=1S/C18H21N3O/c1-3-15(12-19-7-1)16-11-18(22-14-16)5-9-21(10-6-18)17-4-2-8-20-13-17/h1-4,7-8,12-13,16H,5-6,9-11,14H2. The molecule has 4 heterocycles. The molecule has 1 atom stereocenters. The number of anilines is 1. The van der Waals surface area contributed by atoms with E-state index in [1.54, 1.807) is 0 Å². The molecule has 4 heteroatoms. The summed E-state index contributed by atoms with van der Waals surface area (Å²) in [7, 11) is 0. The van der Waals surface area contributed by atoms with Crippen LogP contribution in [-0.4, -0.2) is 35.3 Å². The highest BCUT2D eigenvalue weighted by Crippen LogP contribution is 2.43. The van der Waals surface area contributed by atoms with E-state index in [1.807, 2.05) is 36.9 Å². The molecule has 0 saturated carbocycles. The van der Waals surface area contributed by atoms with E-state index in [-0.39, 0.29) is 5.60 Å². The van der Waals surface area contributed by atoms with Gasteiger partial charge in [0, 0.05) is 37.6 Å². The third kappa shape index (κ3) is 2.59. The second kappa shape index (κ2) is 5.69. The Morgan fingerprint density at radius 2 is 1.82 bits per heavy atom. The molecule has 114 valence electrons. The van der Waals surface area contributed by atoms with Crippen LogP contribution < -0.4 is 4.90 Å². The maximum Gasteiger partial charge on any atom is 0.0723 e. The van der Waals surface area contributed by atoms with Gasteiger partial charge in [-0.1, -0.05) is 6.07 Å². The quantitative estimate of drug-likeness (QED) is 0.853. The van der Waals surface area contributed by atoms with Crippen LogP contribution in [0.5, 0.6) is 0 Å². The SMILES string of the molecule is c1cncc(C2COC3(CCN(c4cccnc4)CC3)C2)c1. The highest BCUT2D eigenvalue weighted by atomic mass is 16.5. The first-order chi connectivity index (χ1) is 10.8. The second-order valence-electron chi connectivity index (χ2n) is 6.38. The largest absolute Gasteiger partial charge is 0.374 e. The molecule has 2 aliphatic rings. The van der Waals surface area contributed by atoms with Crippen LogP contribution in [0.2, 0.25) is 0 Å². The predicted molar refractivity (Wildman–Crippen MR) is 86.0 cm³/mol. The summed E-state index contributed by atoms with van der Waals surface area (Å²) in [5, 5.41) is 0. The first kappa shape index (κ1) is 13.7. The van der Waals surface area contributed by atoms with Crippen molar-refractivity contribution in [2.24, 2.45) is 0 Å². The number of hydrogen-bond donors (Lipinski definition) is 0.